The van der Waals surface area contributed by atoms with Crippen LogP contribution in [0.25, 0.3) is 0 Å². The van der Waals surface area contributed by atoms with E-state index in [1.165, 1.54) is 11.1 Å². The predicted molar refractivity (Wildman–Crippen MR) is 86.0 cm³/mol. The van der Waals surface area contributed by atoms with Crippen LogP contribution in [-0.4, -0.2) is 61.1 Å². The second-order valence-electron chi connectivity index (χ2n) is 6.03. The highest BCUT2D eigenvalue weighted by atomic mass is 16.6. The zero-order chi connectivity index (χ0) is 16.1. The average molecular weight is 317 g/mol. The van der Waals surface area contributed by atoms with E-state index in [1.807, 2.05) is 6.07 Å². The summed E-state index contributed by atoms with van der Waals surface area (Å²) in [5.41, 5.74) is 2.69. The third kappa shape index (κ3) is 4.22. The Morgan fingerprint density at radius 1 is 1.22 bits per heavy atom. The summed E-state index contributed by atoms with van der Waals surface area (Å²) in [5.74, 6) is 0.00904. The molecule has 0 unspecified atom stereocenters. The molecule has 0 saturated carbocycles. The number of ether oxygens (including phenoxy) is 1. The Bertz CT molecular complexity index is 576. The van der Waals surface area contributed by atoms with E-state index in [0.29, 0.717) is 32.8 Å². The first-order chi connectivity index (χ1) is 11.2. The molecule has 124 valence electrons. The molecule has 6 nitrogen and oxygen atoms in total. The maximum atomic E-state index is 12.1. The van der Waals surface area contributed by atoms with Crippen molar-refractivity contribution in [2.45, 2.75) is 19.4 Å². The van der Waals surface area contributed by atoms with E-state index in [2.05, 4.69) is 28.4 Å². The molecule has 3 rings (SSSR count). The van der Waals surface area contributed by atoms with Gasteiger partial charge in [0.1, 0.15) is 0 Å². The zero-order valence-corrected chi connectivity index (χ0v) is 13.3. The SMILES string of the molecule is O=C(CN1CCc2ccccc2C1)NCCN1CCCOC1=O. The van der Waals surface area contributed by atoms with Crippen LogP contribution in [0.3, 0.4) is 0 Å². The van der Waals surface area contributed by atoms with Gasteiger partial charge in [0.2, 0.25) is 5.91 Å². The van der Waals surface area contributed by atoms with Crippen molar-refractivity contribution in [3.8, 4) is 0 Å². The number of carbonyl (C=O) groups excluding carboxylic acids is 2. The van der Waals surface area contributed by atoms with Crippen LogP contribution in [0, 0.1) is 0 Å². The number of hydrogen-bond acceptors (Lipinski definition) is 4. The smallest absolute Gasteiger partial charge is 0.409 e. The maximum absolute atomic E-state index is 12.1. The molecule has 0 atom stereocenters. The molecule has 2 amide bonds. The molecule has 1 aromatic carbocycles. The van der Waals surface area contributed by atoms with Gasteiger partial charge in [-0.25, -0.2) is 4.79 Å². The minimum Gasteiger partial charge on any atom is -0.449 e. The Hall–Kier alpha value is -2.08. The van der Waals surface area contributed by atoms with Gasteiger partial charge in [0.05, 0.1) is 13.2 Å². The lowest BCUT2D eigenvalue weighted by Crippen LogP contribution is -2.45. The van der Waals surface area contributed by atoms with E-state index in [9.17, 15) is 9.59 Å². The quantitative estimate of drug-likeness (QED) is 0.880. The van der Waals surface area contributed by atoms with Gasteiger partial charge in [-0.3, -0.25) is 9.69 Å². The fourth-order valence-electron chi connectivity index (χ4n) is 3.08. The zero-order valence-electron chi connectivity index (χ0n) is 13.3. The fourth-order valence-corrected chi connectivity index (χ4v) is 3.08. The third-order valence-electron chi connectivity index (χ3n) is 4.34. The van der Waals surface area contributed by atoms with Crippen molar-refractivity contribution in [3.63, 3.8) is 0 Å². The number of nitrogens with one attached hydrogen (secondary N) is 1. The Labute approximate surface area is 136 Å². The van der Waals surface area contributed by atoms with Crippen LogP contribution < -0.4 is 5.32 Å². The Kier molecular flexibility index (Phi) is 5.12. The topological polar surface area (TPSA) is 61.9 Å². The monoisotopic (exact) mass is 317 g/mol. The van der Waals surface area contributed by atoms with E-state index < -0.39 is 0 Å². The molecule has 1 aromatic rings. The molecule has 0 bridgehead atoms. The molecule has 0 radical (unpaired) electrons. The number of nitrogens with zero attached hydrogens (tertiary/aromatic N) is 2. The minimum atomic E-state index is -0.280. The van der Waals surface area contributed by atoms with Gasteiger partial charge in [-0.1, -0.05) is 24.3 Å². The van der Waals surface area contributed by atoms with Crippen molar-refractivity contribution in [2.75, 3.05) is 39.3 Å². The van der Waals surface area contributed by atoms with E-state index in [1.54, 1.807) is 4.90 Å². The van der Waals surface area contributed by atoms with Crippen molar-refractivity contribution in [3.05, 3.63) is 35.4 Å². The van der Waals surface area contributed by atoms with Gasteiger partial charge in [-0.15, -0.1) is 0 Å². The van der Waals surface area contributed by atoms with E-state index in [0.717, 1.165) is 25.9 Å². The number of carbonyl (C=O) groups is 2. The van der Waals surface area contributed by atoms with Gasteiger partial charge in [0.15, 0.2) is 0 Å². The molecule has 2 heterocycles. The summed E-state index contributed by atoms with van der Waals surface area (Å²) in [6.45, 7) is 4.31. The number of cyclic esters (lactones) is 1. The van der Waals surface area contributed by atoms with Crippen LogP contribution in [0.2, 0.25) is 0 Å². The molecule has 23 heavy (non-hydrogen) atoms. The highest BCUT2D eigenvalue weighted by Crippen LogP contribution is 2.17. The Morgan fingerprint density at radius 3 is 2.87 bits per heavy atom. The predicted octanol–water partition coefficient (Wildman–Crippen LogP) is 1.00. The summed E-state index contributed by atoms with van der Waals surface area (Å²) in [6, 6.07) is 8.39. The lowest BCUT2D eigenvalue weighted by molar-refractivity contribution is -0.122. The molecule has 1 fully saturated rings. The van der Waals surface area contributed by atoms with Gasteiger partial charge in [0, 0.05) is 32.7 Å². The summed E-state index contributed by atoms with van der Waals surface area (Å²) in [4.78, 5) is 27.3. The van der Waals surface area contributed by atoms with Gasteiger partial charge >= 0.3 is 6.09 Å². The number of fused-ring (bicyclic) bond motifs is 1. The summed E-state index contributed by atoms with van der Waals surface area (Å²) >= 11 is 0. The molecule has 0 aliphatic carbocycles. The van der Waals surface area contributed by atoms with Gasteiger partial charge in [0.25, 0.3) is 0 Å². The van der Waals surface area contributed by atoms with Crippen molar-refractivity contribution in [1.82, 2.24) is 15.1 Å². The first-order valence-electron chi connectivity index (χ1n) is 8.20. The van der Waals surface area contributed by atoms with E-state index in [-0.39, 0.29) is 12.0 Å². The first-order valence-corrected chi connectivity index (χ1v) is 8.20. The molecule has 2 aliphatic heterocycles. The maximum Gasteiger partial charge on any atom is 0.409 e. The normalized spacial score (nSPS) is 18.3. The molecule has 0 spiro atoms. The summed E-state index contributed by atoms with van der Waals surface area (Å²) < 4.78 is 4.97. The summed E-state index contributed by atoms with van der Waals surface area (Å²) in [6.07, 6.45) is 1.56. The minimum absolute atomic E-state index is 0.00904. The number of benzene rings is 1. The molecule has 2 aliphatic rings. The highest BCUT2D eigenvalue weighted by Gasteiger charge is 2.20. The first kappa shape index (κ1) is 15.8. The molecular weight excluding hydrogens is 294 g/mol. The highest BCUT2D eigenvalue weighted by molar-refractivity contribution is 5.78. The number of rotatable bonds is 5. The largest absolute Gasteiger partial charge is 0.449 e. The second-order valence-corrected chi connectivity index (χ2v) is 6.03. The van der Waals surface area contributed by atoms with Gasteiger partial charge < -0.3 is 15.0 Å². The molecule has 6 heteroatoms. The molecular formula is C17H23N3O3. The summed E-state index contributed by atoms with van der Waals surface area (Å²) in [5, 5.41) is 2.89. The van der Waals surface area contributed by atoms with Crippen LogP contribution in [-0.2, 0) is 22.5 Å². The van der Waals surface area contributed by atoms with Crippen molar-refractivity contribution >= 4 is 12.0 Å². The lowest BCUT2D eigenvalue weighted by Gasteiger charge is -2.28. The fraction of sp³-hybridized carbons (Fsp3) is 0.529. The molecule has 1 N–H and O–H groups in total. The van der Waals surface area contributed by atoms with E-state index in [4.69, 9.17) is 4.74 Å². The van der Waals surface area contributed by atoms with Gasteiger partial charge in [-0.2, -0.15) is 0 Å². The van der Waals surface area contributed by atoms with Crippen molar-refractivity contribution < 1.29 is 14.3 Å². The van der Waals surface area contributed by atoms with Crippen LogP contribution in [0.1, 0.15) is 17.5 Å². The van der Waals surface area contributed by atoms with Gasteiger partial charge in [-0.05, 0) is 24.0 Å². The lowest BCUT2D eigenvalue weighted by atomic mass is 10.00. The standard InChI is InChI=1S/C17H23N3O3/c21-16(18-7-10-20-8-3-11-23-17(20)22)13-19-9-6-14-4-1-2-5-15(14)12-19/h1-2,4-5H,3,6-13H2,(H,18,21). The Balaban J connectivity index is 1.39. The average Bonchev–Trinajstić information content (AvgIpc) is 2.56. The van der Waals surface area contributed by atoms with E-state index >= 15 is 0 Å². The van der Waals surface area contributed by atoms with Crippen LogP contribution >= 0.6 is 0 Å². The summed E-state index contributed by atoms with van der Waals surface area (Å²) in [7, 11) is 0. The molecule has 1 saturated heterocycles. The second kappa shape index (κ2) is 7.46. The number of amides is 2. The Morgan fingerprint density at radius 2 is 2.04 bits per heavy atom. The van der Waals surface area contributed by atoms with Crippen molar-refractivity contribution in [2.24, 2.45) is 0 Å². The third-order valence-corrected chi connectivity index (χ3v) is 4.34. The van der Waals surface area contributed by atoms with Crippen LogP contribution in [0.15, 0.2) is 24.3 Å². The van der Waals surface area contributed by atoms with Crippen molar-refractivity contribution in [1.29, 1.82) is 0 Å². The number of hydrogen-bond donors (Lipinski definition) is 1. The van der Waals surface area contributed by atoms with Crippen LogP contribution in [0.4, 0.5) is 4.79 Å². The molecule has 0 aromatic heterocycles. The van der Waals surface area contributed by atoms with Crippen LogP contribution in [0.5, 0.6) is 0 Å².